The van der Waals surface area contributed by atoms with Crippen molar-refractivity contribution in [3.63, 3.8) is 0 Å². The molecule has 2 aromatic carbocycles. The molecule has 1 atom stereocenters. The van der Waals surface area contributed by atoms with Crippen LogP contribution >= 0.6 is 0 Å². The first kappa shape index (κ1) is 12.5. The van der Waals surface area contributed by atoms with E-state index < -0.39 is 0 Å². The Morgan fingerprint density at radius 2 is 2.05 bits per heavy atom. The van der Waals surface area contributed by atoms with Crippen LogP contribution in [0, 0.1) is 0 Å². The summed E-state index contributed by atoms with van der Waals surface area (Å²) in [6.45, 7) is 2.02. The minimum atomic E-state index is -0.113. The van der Waals surface area contributed by atoms with Crippen molar-refractivity contribution < 1.29 is 9.90 Å². The maximum Gasteiger partial charge on any atom is 0.258 e. The van der Waals surface area contributed by atoms with Crippen molar-refractivity contribution in [1.29, 1.82) is 0 Å². The van der Waals surface area contributed by atoms with Gasteiger partial charge in [-0.25, -0.2) is 0 Å². The third kappa shape index (κ3) is 1.90. The van der Waals surface area contributed by atoms with Crippen molar-refractivity contribution in [2.75, 3.05) is 10.6 Å². The number of carbonyl (C=O) groups excluding carboxylic acids is 1. The van der Waals surface area contributed by atoms with Gasteiger partial charge < -0.3 is 15.7 Å². The van der Waals surface area contributed by atoms with E-state index in [1.165, 1.54) is 11.6 Å². The third-order valence-corrected chi connectivity index (χ3v) is 3.70. The Hall–Kier alpha value is -2.49. The molecular formula is C16H16N2O2. The molecule has 1 heterocycles. The SMILES string of the molecule is CC1Cc2ccccc2N1C(=O)c1ccc(N)c(O)c1. The van der Waals surface area contributed by atoms with Crippen LogP contribution in [0.5, 0.6) is 5.75 Å². The summed E-state index contributed by atoms with van der Waals surface area (Å²) in [5, 5.41) is 9.66. The van der Waals surface area contributed by atoms with Gasteiger partial charge in [-0.2, -0.15) is 0 Å². The van der Waals surface area contributed by atoms with Crippen LogP contribution < -0.4 is 10.6 Å². The van der Waals surface area contributed by atoms with E-state index in [-0.39, 0.29) is 23.4 Å². The minimum Gasteiger partial charge on any atom is -0.506 e. The van der Waals surface area contributed by atoms with E-state index in [0.29, 0.717) is 5.56 Å². The highest BCUT2D eigenvalue weighted by Crippen LogP contribution is 2.33. The molecular weight excluding hydrogens is 252 g/mol. The van der Waals surface area contributed by atoms with Gasteiger partial charge in [0.25, 0.3) is 5.91 Å². The van der Waals surface area contributed by atoms with Gasteiger partial charge in [0.2, 0.25) is 0 Å². The lowest BCUT2D eigenvalue weighted by molar-refractivity contribution is 0.0981. The van der Waals surface area contributed by atoms with Crippen LogP contribution in [-0.4, -0.2) is 17.1 Å². The van der Waals surface area contributed by atoms with Crippen molar-refractivity contribution in [3.8, 4) is 5.75 Å². The molecule has 1 amide bonds. The molecule has 0 saturated heterocycles. The van der Waals surface area contributed by atoms with Crippen LogP contribution in [0.15, 0.2) is 42.5 Å². The standard InChI is InChI=1S/C16H16N2O2/c1-10-8-11-4-2-3-5-14(11)18(10)16(20)12-6-7-13(17)15(19)9-12/h2-7,9-10,19H,8,17H2,1H3. The number of hydrogen-bond acceptors (Lipinski definition) is 3. The zero-order valence-electron chi connectivity index (χ0n) is 11.2. The monoisotopic (exact) mass is 268 g/mol. The Morgan fingerprint density at radius 1 is 1.30 bits per heavy atom. The molecule has 1 unspecified atom stereocenters. The number of nitrogens with two attached hydrogens (primary N) is 1. The number of carbonyl (C=O) groups is 1. The molecule has 0 saturated carbocycles. The molecule has 3 rings (SSSR count). The van der Waals surface area contributed by atoms with E-state index in [9.17, 15) is 9.90 Å². The Kier molecular flexibility index (Phi) is 2.86. The Morgan fingerprint density at radius 3 is 2.80 bits per heavy atom. The molecule has 3 N–H and O–H groups in total. The molecule has 0 fully saturated rings. The van der Waals surface area contributed by atoms with Gasteiger partial charge in [0.05, 0.1) is 5.69 Å². The van der Waals surface area contributed by atoms with E-state index in [1.54, 1.807) is 17.0 Å². The molecule has 4 heteroatoms. The maximum atomic E-state index is 12.7. The first-order valence-electron chi connectivity index (χ1n) is 6.58. The van der Waals surface area contributed by atoms with Crippen molar-refractivity contribution in [2.24, 2.45) is 0 Å². The zero-order chi connectivity index (χ0) is 14.3. The van der Waals surface area contributed by atoms with Gasteiger partial charge in [-0.15, -0.1) is 0 Å². The molecule has 0 aromatic heterocycles. The van der Waals surface area contributed by atoms with Crippen molar-refractivity contribution in [2.45, 2.75) is 19.4 Å². The largest absolute Gasteiger partial charge is 0.506 e. The van der Waals surface area contributed by atoms with Gasteiger partial charge in [0.15, 0.2) is 0 Å². The summed E-state index contributed by atoms with van der Waals surface area (Å²) in [6.07, 6.45) is 0.850. The van der Waals surface area contributed by atoms with E-state index in [0.717, 1.165) is 12.1 Å². The normalized spacial score (nSPS) is 17.1. The number of anilines is 2. The number of fused-ring (bicyclic) bond motifs is 1. The highest BCUT2D eigenvalue weighted by Gasteiger charge is 2.31. The second-order valence-corrected chi connectivity index (χ2v) is 5.13. The van der Waals surface area contributed by atoms with Gasteiger partial charge in [-0.3, -0.25) is 4.79 Å². The fourth-order valence-electron chi connectivity index (χ4n) is 2.69. The Labute approximate surface area is 117 Å². The van der Waals surface area contributed by atoms with Crippen LogP contribution in [0.25, 0.3) is 0 Å². The van der Waals surface area contributed by atoms with E-state index in [1.807, 2.05) is 31.2 Å². The number of rotatable bonds is 1. The number of phenols is 1. The Balaban J connectivity index is 2.00. The van der Waals surface area contributed by atoms with Gasteiger partial charge in [0.1, 0.15) is 5.75 Å². The molecule has 2 aromatic rings. The maximum absolute atomic E-state index is 12.7. The topological polar surface area (TPSA) is 66.6 Å². The van der Waals surface area contributed by atoms with Gasteiger partial charge in [-0.05, 0) is 43.2 Å². The minimum absolute atomic E-state index is 0.0593. The third-order valence-electron chi connectivity index (χ3n) is 3.70. The number of benzene rings is 2. The number of phenolic OH excluding ortho intramolecular Hbond substituents is 1. The zero-order valence-corrected chi connectivity index (χ0v) is 11.2. The van der Waals surface area contributed by atoms with E-state index in [2.05, 4.69) is 0 Å². The van der Waals surface area contributed by atoms with Crippen LogP contribution in [0.1, 0.15) is 22.8 Å². The first-order chi connectivity index (χ1) is 9.58. The summed E-state index contributed by atoms with van der Waals surface area (Å²) in [5.41, 5.74) is 8.41. The summed E-state index contributed by atoms with van der Waals surface area (Å²) in [7, 11) is 0. The fraction of sp³-hybridized carbons (Fsp3) is 0.188. The molecule has 20 heavy (non-hydrogen) atoms. The highest BCUT2D eigenvalue weighted by molar-refractivity contribution is 6.08. The number of aromatic hydroxyl groups is 1. The number of nitrogen functional groups attached to an aromatic ring is 1. The average Bonchev–Trinajstić information content (AvgIpc) is 2.77. The molecule has 0 spiro atoms. The average molecular weight is 268 g/mol. The van der Waals surface area contributed by atoms with Crippen LogP contribution in [0.2, 0.25) is 0 Å². The molecule has 0 bridgehead atoms. The second kappa shape index (κ2) is 4.56. The van der Waals surface area contributed by atoms with Crippen molar-refractivity contribution >= 4 is 17.3 Å². The predicted molar refractivity (Wildman–Crippen MR) is 78.9 cm³/mol. The number of amides is 1. The number of hydrogen-bond donors (Lipinski definition) is 2. The number of nitrogens with zero attached hydrogens (tertiary/aromatic N) is 1. The lowest BCUT2D eigenvalue weighted by Crippen LogP contribution is -2.35. The summed E-state index contributed by atoms with van der Waals surface area (Å²) in [6, 6.07) is 12.6. The van der Waals surface area contributed by atoms with Gasteiger partial charge in [0, 0.05) is 17.3 Å². The van der Waals surface area contributed by atoms with Crippen LogP contribution in [-0.2, 0) is 6.42 Å². The molecule has 1 aliphatic heterocycles. The van der Waals surface area contributed by atoms with Crippen LogP contribution in [0.3, 0.4) is 0 Å². The Bertz CT molecular complexity index is 682. The van der Waals surface area contributed by atoms with Crippen LogP contribution in [0.4, 0.5) is 11.4 Å². The van der Waals surface area contributed by atoms with Crippen molar-refractivity contribution in [3.05, 3.63) is 53.6 Å². The molecule has 1 aliphatic rings. The lowest BCUT2D eigenvalue weighted by Gasteiger charge is -2.23. The quantitative estimate of drug-likeness (QED) is 0.617. The summed E-state index contributed by atoms with van der Waals surface area (Å²) in [5.74, 6) is -0.172. The highest BCUT2D eigenvalue weighted by atomic mass is 16.3. The predicted octanol–water partition coefficient (Wildman–Crippen LogP) is 2.57. The molecule has 0 radical (unpaired) electrons. The summed E-state index contributed by atoms with van der Waals surface area (Å²) >= 11 is 0. The molecule has 102 valence electrons. The van der Waals surface area contributed by atoms with Gasteiger partial charge >= 0.3 is 0 Å². The summed E-state index contributed by atoms with van der Waals surface area (Å²) in [4.78, 5) is 14.4. The van der Waals surface area contributed by atoms with E-state index in [4.69, 9.17) is 5.73 Å². The molecule has 4 nitrogen and oxygen atoms in total. The second-order valence-electron chi connectivity index (χ2n) is 5.13. The smallest absolute Gasteiger partial charge is 0.258 e. The summed E-state index contributed by atoms with van der Waals surface area (Å²) < 4.78 is 0. The first-order valence-corrected chi connectivity index (χ1v) is 6.58. The van der Waals surface area contributed by atoms with E-state index >= 15 is 0 Å². The lowest BCUT2D eigenvalue weighted by atomic mass is 10.1. The molecule has 0 aliphatic carbocycles. The van der Waals surface area contributed by atoms with Crippen molar-refractivity contribution in [1.82, 2.24) is 0 Å². The fourth-order valence-corrected chi connectivity index (χ4v) is 2.69. The van der Waals surface area contributed by atoms with Gasteiger partial charge in [-0.1, -0.05) is 18.2 Å². The number of para-hydroxylation sites is 1.